The van der Waals surface area contributed by atoms with E-state index >= 15 is 0 Å². The maximum absolute atomic E-state index is 11.5. The maximum Gasteiger partial charge on any atom is 0.307 e. The lowest BCUT2D eigenvalue weighted by molar-refractivity contribution is -0.141. The molecule has 0 aromatic heterocycles. The van der Waals surface area contributed by atoms with Crippen LogP contribution in [0.1, 0.15) is 25.8 Å². The number of esters is 1. The van der Waals surface area contributed by atoms with E-state index in [2.05, 4.69) is 19.2 Å². The maximum atomic E-state index is 11.5. The SMILES string of the molecule is COC(=O)CC(Cc1ccc(OC)c(OC)c1)NC(C)C. The number of hydrogen-bond donors (Lipinski definition) is 1. The van der Waals surface area contributed by atoms with Crippen LogP contribution in [0.25, 0.3) is 0 Å². The van der Waals surface area contributed by atoms with Crippen molar-refractivity contribution in [2.24, 2.45) is 0 Å². The summed E-state index contributed by atoms with van der Waals surface area (Å²) in [5.41, 5.74) is 1.08. The molecule has 0 aliphatic carbocycles. The Bertz CT molecular complexity index is 460. The van der Waals surface area contributed by atoms with Crippen LogP contribution in [0.3, 0.4) is 0 Å². The molecule has 0 amide bonds. The van der Waals surface area contributed by atoms with Crippen LogP contribution in [0.2, 0.25) is 0 Å². The number of benzene rings is 1. The van der Waals surface area contributed by atoms with E-state index in [0.717, 1.165) is 5.56 Å². The summed E-state index contributed by atoms with van der Waals surface area (Å²) in [5, 5.41) is 3.39. The van der Waals surface area contributed by atoms with Crippen molar-refractivity contribution in [2.45, 2.75) is 38.8 Å². The highest BCUT2D eigenvalue weighted by molar-refractivity contribution is 5.70. The van der Waals surface area contributed by atoms with Crippen molar-refractivity contribution in [1.82, 2.24) is 5.32 Å². The monoisotopic (exact) mass is 295 g/mol. The molecule has 0 spiro atoms. The topological polar surface area (TPSA) is 56.8 Å². The minimum atomic E-state index is -0.214. The fraction of sp³-hybridized carbons (Fsp3) is 0.562. The van der Waals surface area contributed by atoms with Crippen LogP contribution in [0.5, 0.6) is 11.5 Å². The van der Waals surface area contributed by atoms with Gasteiger partial charge in [0.05, 0.1) is 27.8 Å². The molecule has 0 radical (unpaired) electrons. The normalized spacial score (nSPS) is 12.1. The average Bonchev–Trinajstić information content (AvgIpc) is 2.46. The number of carbonyl (C=O) groups is 1. The van der Waals surface area contributed by atoms with Gasteiger partial charge in [0.2, 0.25) is 0 Å². The molecule has 21 heavy (non-hydrogen) atoms. The Morgan fingerprint density at radius 1 is 1.14 bits per heavy atom. The van der Waals surface area contributed by atoms with E-state index < -0.39 is 0 Å². The van der Waals surface area contributed by atoms with Gasteiger partial charge in [0.25, 0.3) is 0 Å². The van der Waals surface area contributed by atoms with E-state index in [4.69, 9.17) is 14.2 Å². The number of rotatable bonds is 8. The van der Waals surface area contributed by atoms with Gasteiger partial charge in [-0.25, -0.2) is 0 Å². The minimum absolute atomic E-state index is 0.0237. The number of ether oxygens (including phenoxy) is 3. The fourth-order valence-corrected chi connectivity index (χ4v) is 2.24. The van der Waals surface area contributed by atoms with Crippen LogP contribution in [0, 0.1) is 0 Å². The van der Waals surface area contributed by atoms with Gasteiger partial charge in [-0.2, -0.15) is 0 Å². The summed E-state index contributed by atoms with van der Waals surface area (Å²) in [6.45, 7) is 4.11. The van der Waals surface area contributed by atoms with Gasteiger partial charge < -0.3 is 19.5 Å². The first-order chi connectivity index (χ1) is 9.99. The fourth-order valence-electron chi connectivity index (χ4n) is 2.24. The Balaban J connectivity index is 2.84. The van der Waals surface area contributed by atoms with Crippen molar-refractivity contribution in [3.63, 3.8) is 0 Å². The van der Waals surface area contributed by atoms with Crippen LogP contribution >= 0.6 is 0 Å². The first kappa shape index (κ1) is 17.3. The van der Waals surface area contributed by atoms with Gasteiger partial charge in [0, 0.05) is 12.1 Å². The molecule has 1 aromatic rings. The van der Waals surface area contributed by atoms with Crippen molar-refractivity contribution in [3.8, 4) is 11.5 Å². The third-order valence-corrected chi connectivity index (χ3v) is 3.14. The lowest BCUT2D eigenvalue weighted by Crippen LogP contribution is -2.38. The number of nitrogens with one attached hydrogen (secondary N) is 1. The quantitative estimate of drug-likeness (QED) is 0.745. The molecule has 5 nitrogen and oxygen atoms in total. The van der Waals surface area contributed by atoms with E-state index in [1.807, 2.05) is 18.2 Å². The van der Waals surface area contributed by atoms with Gasteiger partial charge >= 0.3 is 5.97 Å². The zero-order valence-electron chi connectivity index (χ0n) is 13.4. The highest BCUT2D eigenvalue weighted by Crippen LogP contribution is 2.28. The Morgan fingerprint density at radius 2 is 1.81 bits per heavy atom. The first-order valence-corrected chi connectivity index (χ1v) is 7.03. The van der Waals surface area contributed by atoms with Gasteiger partial charge in [-0.3, -0.25) is 4.79 Å². The summed E-state index contributed by atoms with van der Waals surface area (Å²) in [5.74, 6) is 1.17. The molecule has 0 aliphatic rings. The van der Waals surface area contributed by atoms with Crippen molar-refractivity contribution < 1.29 is 19.0 Å². The highest BCUT2D eigenvalue weighted by Gasteiger charge is 2.16. The molecule has 0 saturated carbocycles. The minimum Gasteiger partial charge on any atom is -0.493 e. The second kappa shape index (κ2) is 8.52. The zero-order valence-corrected chi connectivity index (χ0v) is 13.4. The van der Waals surface area contributed by atoms with Crippen LogP contribution in [0.4, 0.5) is 0 Å². The molecule has 1 unspecified atom stereocenters. The third-order valence-electron chi connectivity index (χ3n) is 3.14. The van der Waals surface area contributed by atoms with Crippen molar-refractivity contribution >= 4 is 5.97 Å². The molecule has 0 aliphatic heterocycles. The second-order valence-electron chi connectivity index (χ2n) is 5.19. The van der Waals surface area contributed by atoms with Gasteiger partial charge in [0.1, 0.15) is 0 Å². The predicted octanol–water partition coefficient (Wildman–Crippen LogP) is 2.18. The molecule has 1 atom stereocenters. The van der Waals surface area contributed by atoms with Crippen LogP contribution < -0.4 is 14.8 Å². The Hall–Kier alpha value is -1.75. The lowest BCUT2D eigenvalue weighted by Gasteiger charge is -2.21. The molecule has 0 heterocycles. The number of methoxy groups -OCH3 is 3. The summed E-state index contributed by atoms with van der Waals surface area (Å²) in [6, 6.07) is 6.10. The van der Waals surface area contributed by atoms with Crippen molar-refractivity contribution in [1.29, 1.82) is 0 Å². The van der Waals surface area contributed by atoms with E-state index in [1.165, 1.54) is 7.11 Å². The molecule has 1 rings (SSSR count). The van der Waals surface area contributed by atoms with Gasteiger partial charge in [-0.05, 0) is 24.1 Å². The van der Waals surface area contributed by atoms with Gasteiger partial charge in [-0.1, -0.05) is 19.9 Å². The summed E-state index contributed by atoms with van der Waals surface area (Å²) in [4.78, 5) is 11.5. The molecule has 0 saturated heterocycles. The van der Waals surface area contributed by atoms with E-state index in [0.29, 0.717) is 30.4 Å². The molecule has 1 N–H and O–H groups in total. The second-order valence-corrected chi connectivity index (χ2v) is 5.19. The summed E-state index contributed by atoms with van der Waals surface area (Å²) < 4.78 is 15.3. The largest absolute Gasteiger partial charge is 0.493 e. The van der Waals surface area contributed by atoms with Gasteiger partial charge in [0.15, 0.2) is 11.5 Å². The first-order valence-electron chi connectivity index (χ1n) is 7.03. The Labute approximate surface area is 126 Å². The third kappa shape index (κ3) is 5.63. The predicted molar refractivity (Wildman–Crippen MR) is 81.9 cm³/mol. The molecular formula is C16H25NO4. The summed E-state index contributed by atoms with van der Waals surface area (Å²) in [7, 11) is 4.63. The molecule has 5 heteroatoms. The van der Waals surface area contributed by atoms with Crippen LogP contribution in [0.15, 0.2) is 18.2 Å². The molecule has 0 fully saturated rings. The standard InChI is InChI=1S/C16H25NO4/c1-11(2)17-13(10-16(18)21-5)8-12-6-7-14(19-3)15(9-12)20-4/h6-7,9,11,13,17H,8,10H2,1-5H3. The van der Waals surface area contributed by atoms with Crippen molar-refractivity contribution in [2.75, 3.05) is 21.3 Å². The van der Waals surface area contributed by atoms with E-state index in [1.54, 1.807) is 14.2 Å². The number of hydrogen-bond acceptors (Lipinski definition) is 5. The molecule has 0 bridgehead atoms. The Kier molecular flexibility index (Phi) is 7.02. The number of carbonyl (C=O) groups excluding carboxylic acids is 1. The van der Waals surface area contributed by atoms with E-state index in [-0.39, 0.29) is 12.0 Å². The molecule has 1 aromatic carbocycles. The molecule has 118 valence electrons. The van der Waals surface area contributed by atoms with Crippen molar-refractivity contribution in [3.05, 3.63) is 23.8 Å². The van der Waals surface area contributed by atoms with E-state index in [9.17, 15) is 4.79 Å². The van der Waals surface area contributed by atoms with Gasteiger partial charge in [-0.15, -0.1) is 0 Å². The Morgan fingerprint density at radius 3 is 2.33 bits per heavy atom. The average molecular weight is 295 g/mol. The highest BCUT2D eigenvalue weighted by atomic mass is 16.5. The smallest absolute Gasteiger partial charge is 0.307 e. The van der Waals surface area contributed by atoms with Crippen LogP contribution in [-0.2, 0) is 16.0 Å². The lowest BCUT2D eigenvalue weighted by atomic mass is 10.0. The summed E-state index contributed by atoms with van der Waals surface area (Å²) >= 11 is 0. The van der Waals surface area contributed by atoms with Crippen LogP contribution in [-0.4, -0.2) is 39.4 Å². The molecular weight excluding hydrogens is 270 g/mol. The zero-order chi connectivity index (χ0) is 15.8. The summed E-state index contributed by atoms with van der Waals surface area (Å²) in [6.07, 6.45) is 1.05.